The summed E-state index contributed by atoms with van der Waals surface area (Å²) in [6.45, 7) is 3.95. The molecule has 0 aliphatic heterocycles. The number of hydrogen-bond acceptors (Lipinski definition) is 2. The number of nitrogens with zero attached hydrogens (tertiary/aromatic N) is 3. The molecular formula is C7H16N4. The molecule has 0 fully saturated rings. The van der Waals surface area contributed by atoms with Gasteiger partial charge in [0.1, 0.15) is 0 Å². The second kappa shape index (κ2) is 4.71. The van der Waals surface area contributed by atoms with E-state index >= 15 is 0 Å². The van der Waals surface area contributed by atoms with Crippen molar-refractivity contribution in [2.75, 3.05) is 14.1 Å². The van der Waals surface area contributed by atoms with Gasteiger partial charge in [-0.05, 0) is 13.3 Å². The maximum Gasteiger partial charge on any atom is 0.215 e. The molecule has 11 heavy (non-hydrogen) atoms. The molecule has 0 heterocycles. The molecule has 0 radical (unpaired) electrons. The van der Waals surface area contributed by atoms with Crippen molar-refractivity contribution in [2.45, 2.75) is 20.3 Å². The summed E-state index contributed by atoms with van der Waals surface area (Å²) in [5.41, 5.74) is 6.47. The molecule has 0 saturated carbocycles. The highest BCUT2D eigenvalue weighted by molar-refractivity contribution is 5.83. The smallest absolute Gasteiger partial charge is 0.215 e. The maximum atomic E-state index is 5.49. The molecule has 0 spiro atoms. The van der Waals surface area contributed by atoms with Gasteiger partial charge < -0.3 is 10.6 Å². The molecule has 2 N–H and O–H groups in total. The van der Waals surface area contributed by atoms with E-state index in [9.17, 15) is 0 Å². The normalized spacial score (nSPS) is 13.5. The summed E-state index contributed by atoms with van der Waals surface area (Å²) < 4.78 is 0. The fourth-order valence-corrected chi connectivity index (χ4v) is 0.297. The Morgan fingerprint density at radius 3 is 2.27 bits per heavy atom. The molecule has 0 unspecified atom stereocenters. The highest BCUT2D eigenvalue weighted by Crippen LogP contribution is 1.85. The van der Waals surface area contributed by atoms with Crippen molar-refractivity contribution in [1.82, 2.24) is 4.90 Å². The van der Waals surface area contributed by atoms with E-state index in [1.54, 1.807) is 4.90 Å². The van der Waals surface area contributed by atoms with E-state index in [2.05, 4.69) is 10.2 Å². The van der Waals surface area contributed by atoms with Crippen molar-refractivity contribution in [2.24, 2.45) is 15.9 Å². The van der Waals surface area contributed by atoms with Crippen LogP contribution in [0.4, 0.5) is 0 Å². The van der Waals surface area contributed by atoms with Crippen LogP contribution in [-0.2, 0) is 0 Å². The van der Waals surface area contributed by atoms with Gasteiger partial charge in [0.25, 0.3) is 0 Å². The van der Waals surface area contributed by atoms with E-state index in [-0.39, 0.29) is 0 Å². The standard InChI is InChI=1S/C7H16N4/c1-5-6(2)9-10-7(8)11(3)4/h5H2,1-4H3,(H2,8,10)/b9-6+. The fourth-order valence-electron chi connectivity index (χ4n) is 0.297. The second-order valence-electron chi connectivity index (χ2n) is 2.54. The molecule has 0 aliphatic rings. The van der Waals surface area contributed by atoms with Crippen LogP contribution in [0.5, 0.6) is 0 Å². The fraction of sp³-hybridized carbons (Fsp3) is 0.714. The Kier molecular flexibility index (Phi) is 4.26. The summed E-state index contributed by atoms with van der Waals surface area (Å²) in [7, 11) is 3.66. The lowest BCUT2D eigenvalue weighted by Crippen LogP contribution is -2.29. The summed E-state index contributed by atoms with van der Waals surface area (Å²) in [6.07, 6.45) is 0.907. The number of guanidine groups is 1. The van der Waals surface area contributed by atoms with Crippen molar-refractivity contribution >= 4 is 11.7 Å². The minimum atomic E-state index is 0.429. The average molecular weight is 156 g/mol. The molecule has 0 atom stereocenters. The number of rotatable bonds is 2. The predicted octanol–water partition coefficient (Wildman–Crippen LogP) is 0.649. The molecular weight excluding hydrogens is 140 g/mol. The van der Waals surface area contributed by atoms with Gasteiger partial charge in [-0.15, -0.1) is 5.10 Å². The monoisotopic (exact) mass is 156 g/mol. The molecule has 0 rings (SSSR count). The Hall–Kier alpha value is -1.06. The Morgan fingerprint density at radius 2 is 1.91 bits per heavy atom. The Balaban J connectivity index is 4.11. The molecule has 0 aromatic heterocycles. The van der Waals surface area contributed by atoms with Gasteiger partial charge >= 0.3 is 0 Å². The van der Waals surface area contributed by atoms with Crippen LogP contribution in [-0.4, -0.2) is 30.7 Å². The first-order chi connectivity index (χ1) is 5.07. The van der Waals surface area contributed by atoms with E-state index in [0.29, 0.717) is 5.96 Å². The number of hydrogen-bond donors (Lipinski definition) is 1. The van der Waals surface area contributed by atoms with E-state index in [4.69, 9.17) is 5.73 Å². The van der Waals surface area contributed by atoms with Gasteiger partial charge in [0.2, 0.25) is 5.96 Å². The van der Waals surface area contributed by atoms with Crippen LogP contribution in [0.2, 0.25) is 0 Å². The zero-order valence-corrected chi connectivity index (χ0v) is 7.63. The summed E-state index contributed by atoms with van der Waals surface area (Å²) in [4.78, 5) is 1.71. The predicted molar refractivity (Wildman–Crippen MR) is 48.7 cm³/mol. The van der Waals surface area contributed by atoms with Crippen molar-refractivity contribution in [3.8, 4) is 0 Å². The Bertz CT molecular complexity index is 169. The lowest BCUT2D eigenvalue weighted by molar-refractivity contribution is 0.611. The minimum absolute atomic E-state index is 0.429. The van der Waals surface area contributed by atoms with Crippen molar-refractivity contribution < 1.29 is 0 Å². The van der Waals surface area contributed by atoms with Crippen LogP contribution in [0.1, 0.15) is 20.3 Å². The van der Waals surface area contributed by atoms with Crippen LogP contribution < -0.4 is 5.73 Å². The van der Waals surface area contributed by atoms with E-state index in [0.717, 1.165) is 12.1 Å². The summed E-state index contributed by atoms with van der Waals surface area (Å²) in [5, 5.41) is 7.70. The molecule has 0 amide bonds. The SMILES string of the molecule is CC/C(C)=N/N=C(/N)N(C)C. The largest absolute Gasteiger partial charge is 0.368 e. The molecule has 64 valence electrons. The van der Waals surface area contributed by atoms with Crippen LogP contribution >= 0.6 is 0 Å². The van der Waals surface area contributed by atoms with Crippen LogP contribution in [0.15, 0.2) is 10.2 Å². The first-order valence-corrected chi connectivity index (χ1v) is 3.61. The van der Waals surface area contributed by atoms with Gasteiger partial charge in [0, 0.05) is 19.8 Å². The van der Waals surface area contributed by atoms with E-state index < -0.39 is 0 Å². The minimum Gasteiger partial charge on any atom is -0.368 e. The van der Waals surface area contributed by atoms with Crippen LogP contribution in [0.25, 0.3) is 0 Å². The van der Waals surface area contributed by atoms with E-state index in [1.165, 1.54) is 0 Å². The number of nitrogens with two attached hydrogens (primary N) is 1. The lowest BCUT2D eigenvalue weighted by atomic mass is 10.3. The average Bonchev–Trinajstić information content (AvgIpc) is 1.99. The van der Waals surface area contributed by atoms with Gasteiger partial charge in [0.05, 0.1) is 0 Å². The van der Waals surface area contributed by atoms with Gasteiger partial charge in [-0.3, -0.25) is 0 Å². The molecule has 4 nitrogen and oxygen atoms in total. The van der Waals surface area contributed by atoms with E-state index in [1.807, 2.05) is 27.9 Å². The van der Waals surface area contributed by atoms with Gasteiger partial charge in [-0.25, -0.2) is 0 Å². The zero-order valence-electron chi connectivity index (χ0n) is 7.63. The zero-order chi connectivity index (χ0) is 8.85. The third-order valence-electron chi connectivity index (χ3n) is 1.29. The third kappa shape index (κ3) is 4.36. The van der Waals surface area contributed by atoms with Crippen molar-refractivity contribution in [3.05, 3.63) is 0 Å². The summed E-state index contributed by atoms with van der Waals surface area (Å²) in [6, 6.07) is 0. The van der Waals surface area contributed by atoms with Crippen LogP contribution in [0.3, 0.4) is 0 Å². The summed E-state index contributed by atoms with van der Waals surface area (Å²) in [5.74, 6) is 0.429. The van der Waals surface area contributed by atoms with Crippen molar-refractivity contribution in [3.63, 3.8) is 0 Å². The molecule has 4 heteroatoms. The molecule has 0 bridgehead atoms. The first kappa shape index (κ1) is 9.94. The van der Waals surface area contributed by atoms with Gasteiger partial charge in [-0.1, -0.05) is 6.92 Å². The Morgan fingerprint density at radius 1 is 1.36 bits per heavy atom. The summed E-state index contributed by atoms with van der Waals surface area (Å²) >= 11 is 0. The molecule has 0 aromatic carbocycles. The maximum absolute atomic E-state index is 5.49. The van der Waals surface area contributed by atoms with Gasteiger partial charge in [-0.2, -0.15) is 5.10 Å². The quantitative estimate of drug-likeness (QED) is 0.362. The molecule has 0 aromatic rings. The lowest BCUT2D eigenvalue weighted by Gasteiger charge is -2.07. The highest BCUT2D eigenvalue weighted by atomic mass is 15.3. The first-order valence-electron chi connectivity index (χ1n) is 3.61. The molecule has 0 aliphatic carbocycles. The van der Waals surface area contributed by atoms with Crippen molar-refractivity contribution in [1.29, 1.82) is 0 Å². The molecule has 0 saturated heterocycles. The van der Waals surface area contributed by atoms with Crippen LogP contribution in [0, 0.1) is 0 Å². The second-order valence-corrected chi connectivity index (χ2v) is 2.54. The Labute approximate surface area is 67.8 Å². The van der Waals surface area contributed by atoms with Gasteiger partial charge in [0.15, 0.2) is 0 Å². The highest BCUT2D eigenvalue weighted by Gasteiger charge is 1.91. The third-order valence-corrected chi connectivity index (χ3v) is 1.29. The topological polar surface area (TPSA) is 54.0 Å².